The second kappa shape index (κ2) is 7.29. The topological polar surface area (TPSA) is 84.3 Å². The summed E-state index contributed by atoms with van der Waals surface area (Å²) in [6, 6.07) is 9.80. The number of anilines is 1. The molecule has 2 aromatic rings. The van der Waals surface area contributed by atoms with Gasteiger partial charge in [0.05, 0.1) is 12.7 Å². The molecule has 1 N–H and O–H groups in total. The third kappa shape index (κ3) is 4.12. The van der Waals surface area contributed by atoms with E-state index in [9.17, 15) is 14.4 Å². The van der Waals surface area contributed by atoms with E-state index in [-0.39, 0.29) is 43.5 Å². The molecule has 0 radical (unpaired) electrons. The lowest BCUT2D eigenvalue weighted by atomic mass is 10.1. The summed E-state index contributed by atoms with van der Waals surface area (Å²) < 4.78 is 1.71. The first kappa shape index (κ1) is 16.9. The third-order valence-electron chi connectivity index (χ3n) is 4.12. The summed E-state index contributed by atoms with van der Waals surface area (Å²) in [5, 5.41) is 7.03. The Balaban J connectivity index is 1.58. The number of carbonyl (C=O) groups excluding carboxylic acids is 3. The van der Waals surface area contributed by atoms with Crippen molar-refractivity contribution in [2.45, 2.75) is 32.7 Å². The molecule has 0 bridgehead atoms. The molecular formula is C18H20N4O3. The minimum atomic E-state index is -0.251. The third-order valence-corrected chi connectivity index (χ3v) is 4.12. The van der Waals surface area contributed by atoms with Crippen LogP contribution < -0.4 is 5.32 Å². The zero-order chi connectivity index (χ0) is 17.8. The maximum atomic E-state index is 12.1. The second-order valence-electron chi connectivity index (χ2n) is 6.10. The van der Waals surface area contributed by atoms with Crippen LogP contribution in [0.25, 0.3) is 0 Å². The van der Waals surface area contributed by atoms with Gasteiger partial charge in [0.15, 0.2) is 0 Å². The molecule has 7 heteroatoms. The molecule has 25 heavy (non-hydrogen) atoms. The molecule has 130 valence electrons. The average Bonchev–Trinajstić information content (AvgIpc) is 3.13. The van der Waals surface area contributed by atoms with E-state index in [0.29, 0.717) is 12.4 Å². The average molecular weight is 340 g/mol. The summed E-state index contributed by atoms with van der Waals surface area (Å²) in [5.74, 6) is -0.0753. The Hall–Kier alpha value is -2.96. The second-order valence-corrected chi connectivity index (χ2v) is 6.10. The Morgan fingerprint density at radius 3 is 2.68 bits per heavy atom. The Morgan fingerprint density at radius 1 is 1.20 bits per heavy atom. The lowest BCUT2D eigenvalue weighted by Gasteiger charge is -2.14. The van der Waals surface area contributed by atoms with Crippen molar-refractivity contribution in [1.82, 2.24) is 14.7 Å². The molecule has 0 spiro atoms. The number of nitrogens with one attached hydrogen (secondary N) is 1. The number of nitrogens with zero attached hydrogens (tertiary/aromatic N) is 3. The Bertz CT molecular complexity index is 796. The fourth-order valence-electron chi connectivity index (χ4n) is 2.84. The number of aryl methyl sites for hydroxylation is 1. The van der Waals surface area contributed by atoms with Gasteiger partial charge in [0, 0.05) is 31.9 Å². The zero-order valence-corrected chi connectivity index (χ0v) is 14.1. The standard InChI is InChI=1S/C18H20N4O3/c1-13-3-2-4-14(11-13)12-22-15(7-9-19-22)20-16(23)8-10-21-17(24)5-6-18(21)25/h2-4,7,9,11H,5-6,8,10,12H2,1H3,(H,20,23). The van der Waals surface area contributed by atoms with Crippen LogP contribution in [0.15, 0.2) is 36.5 Å². The number of amides is 3. The van der Waals surface area contributed by atoms with Crippen LogP contribution >= 0.6 is 0 Å². The van der Waals surface area contributed by atoms with Crippen molar-refractivity contribution in [1.29, 1.82) is 0 Å². The van der Waals surface area contributed by atoms with Gasteiger partial charge in [-0.15, -0.1) is 0 Å². The van der Waals surface area contributed by atoms with Gasteiger partial charge in [-0.25, -0.2) is 4.68 Å². The number of aromatic nitrogens is 2. The van der Waals surface area contributed by atoms with Crippen molar-refractivity contribution in [3.63, 3.8) is 0 Å². The minimum Gasteiger partial charge on any atom is -0.311 e. The highest BCUT2D eigenvalue weighted by atomic mass is 16.2. The van der Waals surface area contributed by atoms with E-state index in [1.54, 1.807) is 16.9 Å². The van der Waals surface area contributed by atoms with Gasteiger partial charge in [-0.1, -0.05) is 29.8 Å². The molecule has 0 atom stereocenters. The normalized spacial score (nSPS) is 14.2. The first-order valence-electron chi connectivity index (χ1n) is 8.23. The van der Waals surface area contributed by atoms with Gasteiger partial charge in [-0.2, -0.15) is 5.10 Å². The highest BCUT2D eigenvalue weighted by Crippen LogP contribution is 2.14. The number of benzene rings is 1. The summed E-state index contributed by atoms with van der Waals surface area (Å²) in [5.41, 5.74) is 2.25. The number of hydrogen-bond donors (Lipinski definition) is 1. The Morgan fingerprint density at radius 2 is 1.96 bits per heavy atom. The van der Waals surface area contributed by atoms with Crippen molar-refractivity contribution < 1.29 is 14.4 Å². The van der Waals surface area contributed by atoms with Crippen LogP contribution in [0, 0.1) is 6.92 Å². The summed E-state index contributed by atoms with van der Waals surface area (Å²) in [6.07, 6.45) is 2.18. The van der Waals surface area contributed by atoms with E-state index in [0.717, 1.165) is 16.0 Å². The van der Waals surface area contributed by atoms with Crippen LogP contribution in [0.1, 0.15) is 30.4 Å². The number of likely N-dealkylation sites (tertiary alicyclic amines) is 1. The fraction of sp³-hybridized carbons (Fsp3) is 0.333. The van der Waals surface area contributed by atoms with E-state index in [2.05, 4.69) is 16.5 Å². The minimum absolute atomic E-state index is 0.0765. The van der Waals surface area contributed by atoms with E-state index in [1.807, 2.05) is 25.1 Å². The molecule has 1 fully saturated rings. The van der Waals surface area contributed by atoms with Crippen LogP contribution in [-0.2, 0) is 20.9 Å². The van der Waals surface area contributed by atoms with Crippen LogP contribution in [0.4, 0.5) is 5.82 Å². The van der Waals surface area contributed by atoms with E-state index in [4.69, 9.17) is 0 Å². The first-order valence-corrected chi connectivity index (χ1v) is 8.23. The van der Waals surface area contributed by atoms with Crippen molar-refractivity contribution in [2.24, 2.45) is 0 Å². The smallest absolute Gasteiger partial charge is 0.229 e. The van der Waals surface area contributed by atoms with Crippen LogP contribution in [0.5, 0.6) is 0 Å². The molecule has 1 saturated heterocycles. The maximum Gasteiger partial charge on any atom is 0.229 e. The SMILES string of the molecule is Cc1cccc(Cn2nccc2NC(=O)CCN2C(=O)CCC2=O)c1. The van der Waals surface area contributed by atoms with Gasteiger partial charge in [0.25, 0.3) is 0 Å². The van der Waals surface area contributed by atoms with Crippen molar-refractivity contribution in [3.05, 3.63) is 47.7 Å². The predicted octanol–water partition coefficient (Wildman–Crippen LogP) is 1.72. The van der Waals surface area contributed by atoms with E-state index in [1.165, 1.54) is 0 Å². The summed E-state index contributed by atoms with van der Waals surface area (Å²) in [4.78, 5) is 36.4. The van der Waals surface area contributed by atoms with E-state index < -0.39 is 0 Å². The van der Waals surface area contributed by atoms with Crippen molar-refractivity contribution >= 4 is 23.5 Å². The molecule has 0 aliphatic carbocycles. The lowest BCUT2D eigenvalue weighted by molar-refractivity contribution is -0.138. The largest absolute Gasteiger partial charge is 0.311 e. The molecule has 1 aliphatic rings. The van der Waals surface area contributed by atoms with Crippen LogP contribution in [-0.4, -0.2) is 38.9 Å². The highest BCUT2D eigenvalue weighted by molar-refractivity contribution is 6.02. The molecule has 1 aromatic heterocycles. The number of hydrogen-bond acceptors (Lipinski definition) is 4. The fourth-order valence-corrected chi connectivity index (χ4v) is 2.84. The van der Waals surface area contributed by atoms with E-state index >= 15 is 0 Å². The lowest BCUT2D eigenvalue weighted by Crippen LogP contribution is -2.32. The Kier molecular flexibility index (Phi) is 4.92. The molecule has 7 nitrogen and oxygen atoms in total. The molecule has 3 amide bonds. The van der Waals surface area contributed by atoms with Crippen molar-refractivity contribution in [2.75, 3.05) is 11.9 Å². The van der Waals surface area contributed by atoms with Gasteiger partial charge >= 0.3 is 0 Å². The van der Waals surface area contributed by atoms with Gasteiger partial charge in [0.2, 0.25) is 17.7 Å². The van der Waals surface area contributed by atoms with Gasteiger partial charge in [-0.3, -0.25) is 19.3 Å². The highest BCUT2D eigenvalue weighted by Gasteiger charge is 2.28. The molecule has 0 unspecified atom stereocenters. The maximum absolute atomic E-state index is 12.1. The summed E-state index contributed by atoms with van der Waals surface area (Å²) in [6.45, 7) is 2.69. The monoisotopic (exact) mass is 340 g/mol. The molecule has 1 aliphatic heterocycles. The quantitative estimate of drug-likeness (QED) is 0.812. The van der Waals surface area contributed by atoms with Crippen LogP contribution in [0.3, 0.4) is 0 Å². The first-order chi connectivity index (χ1) is 12.0. The predicted molar refractivity (Wildman–Crippen MR) is 91.7 cm³/mol. The van der Waals surface area contributed by atoms with Gasteiger partial charge in [-0.05, 0) is 12.5 Å². The molecule has 2 heterocycles. The van der Waals surface area contributed by atoms with Crippen molar-refractivity contribution in [3.8, 4) is 0 Å². The number of rotatable bonds is 6. The molecule has 0 saturated carbocycles. The number of imide groups is 1. The summed E-state index contributed by atoms with van der Waals surface area (Å²) in [7, 11) is 0. The van der Waals surface area contributed by atoms with Gasteiger partial charge in [0.1, 0.15) is 5.82 Å². The molecule has 1 aromatic carbocycles. The Labute approximate surface area is 145 Å². The molecular weight excluding hydrogens is 320 g/mol. The van der Waals surface area contributed by atoms with Gasteiger partial charge < -0.3 is 5.32 Å². The summed E-state index contributed by atoms with van der Waals surface area (Å²) >= 11 is 0. The zero-order valence-electron chi connectivity index (χ0n) is 14.1. The number of carbonyl (C=O) groups is 3. The molecule has 3 rings (SSSR count). The van der Waals surface area contributed by atoms with Crippen LogP contribution in [0.2, 0.25) is 0 Å².